The Kier molecular flexibility index (Phi) is 2.94. The van der Waals surface area contributed by atoms with Gasteiger partial charge in [0.1, 0.15) is 5.75 Å². The smallest absolute Gasteiger partial charge is 0.150 e. The van der Waals surface area contributed by atoms with E-state index in [1.165, 1.54) is 4.90 Å². The summed E-state index contributed by atoms with van der Waals surface area (Å²) in [7, 11) is 3.96. The molecule has 0 aliphatic carbocycles. The fourth-order valence-electron chi connectivity index (χ4n) is 1.71. The summed E-state index contributed by atoms with van der Waals surface area (Å²) >= 11 is 5.99. The first-order valence-electron chi connectivity index (χ1n) is 4.83. The minimum Gasteiger partial charge on any atom is -0.483 e. The van der Waals surface area contributed by atoms with E-state index in [1.54, 1.807) is 0 Å². The van der Waals surface area contributed by atoms with E-state index in [1.807, 2.05) is 24.3 Å². The fourth-order valence-corrected chi connectivity index (χ4v) is 1.89. The zero-order chi connectivity index (χ0) is 9.97. The molecule has 0 radical (unpaired) electrons. The number of halogens is 1. The van der Waals surface area contributed by atoms with Crippen molar-refractivity contribution in [1.82, 2.24) is 0 Å². The molecule has 1 saturated heterocycles. The predicted octanol–water partition coefficient (Wildman–Crippen LogP) is 1.17. The third-order valence-corrected chi connectivity index (χ3v) is 2.78. The quantitative estimate of drug-likeness (QED) is 0.726. The molecular weight excluding hydrogens is 198 g/mol. The van der Waals surface area contributed by atoms with E-state index in [-0.39, 0.29) is 6.10 Å². The zero-order valence-corrected chi connectivity index (χ0v) is 8.76. The highest BCUT2D eigenvalue weighted by Crippen LogP contribution is 2.24. The van der Waals surface area contributed by atoms with E-state index in [9.17, 15) is 0 Å². The Morgan fingerprint density at radius 3 is 2.86 bits per heavy atom. The van der Waals surface area contributed by atoms with Gasteiger partial charge in [0.15, 0.2) is 6.10 Å². The van der Waals surface area contributed by atoms with Crippen LogP contribution in [0.2, 0.25) is 5.02 Å². The van der Waals surface area contributed by atoms with Gasteiger partial charge in [-0.15, -0.1) is 0 Å². The van der Waals surface area contributed by atoms with Crippen LogP contribution in [0.25, 0.3) is 0 Å². The second-order valence-corrected chi connectivity index (χ2v) is 4.07. The van der Waals surface area contributed by atoms with Crippen LogP contribution in [-0.2, 0) is 0 Å². The molecule has 14 heavy (non-hydrogen) atoms. The van der Waals surface area contributed by atoms with E-state index >= 15 is 0 Å². The summed E-state index contributed by atoms with van der Waals surface area (Å²) in [5, 5.41) is 0.685. The van der Waals surface area contributed by atoms with Crippen molar-refractivity contribution in [3.63, 3.8) is 0 Å². The maximum absolute atomic E-state index is 5.99. The number of benzene rings is 1. The average Bonchev–Trinajstić information content (AvgIpc) is 2.56. The largest absolute Gasteiger partial charge is 0.483 e. The lowest BCUT2D eigenvalue weighted by Gasteiger charge is -2.15. The Labute approximate surface area is 89.4 Å². The fraction of sp³-hybridized carbons (Fsp3) is 0.364. The monoisotopic (exact) mass is 211 g/mol. The summed E-state index contributed by atoms with van der Waals surface area (Å²) in [6.45, 7) is 2.04. The van der Waals surface area contributed by atoms with Crippen LogP contribution in [0.4, 0.5) is 0 Å². The van der Waals surface area contributed by atoms with Gasteiger partial charge < -0.3 is 9.64 Å². The Morgan fingerprint density at radius 1 is 1.43 bits per heavy atom. The number of para-hydroxylation sites is 1. The van der Waals surface area contributed by atoms with Crippen molar-refractivity contribution < 1.29 is 9.64 Å². The Bertz CT molecular complexity index is 316. The molecule has 1 aromatic carbocycles. The van der Waals surface area contributed by atoms with E-state index in [4.69, 9.17) is 16.3 Å². The first kappa shape index (κ1) is 9.81. The zero-order valence-electron chi connectivity index (χ0n) is 8.00. The van der Waals surface area contributed by atoms with Crippen molar-refractivity contribution in [2.45, 2.75) is 12.5 Å². The van der Waals surface area contributed by atoms with Gasteiger partial charge in [0.2, 0.25) is 0 Å². The first-order valence-corrected chi connectivity index (χ1v) is 5.21. The molecule has 2 rings (SSSR count). The number of hydrogen-bond donors (Lipinski definition) is 1. The second kappa shape index (κ2) is 4.20. The molecule has 0 amide bonds. The molecule has 1 aliphatic heterocycles. The number of quaternary nitrogens is 1. The lowest BCUT2D eigenvalue weighted by Crippen LogP contribution is -3.05. The molecule has 1 fully saturated rings. The van der Waals surface area contributed by atoms with Crippen LogP contribution in [-0.4, -0.2) is 19.2 Å². The Hall–Kier alpha value is -0.730. The third-order valence-electron chi connectivity index (χ3n) is 2.47. The van der Waals surface area contributed by atoms with Crippen molar-refractivity contribution in [1.29, 1.82) is 0 Å². The van der Waals surface area contributed by atoms with Crippen molar-refractivity contribution in [2.75, 3.05) is 13.1 Å². The van der Waals surface area contributed by atoms with Crippen LogP contribution in [0.5, 0.6) is 5.75 Å². The molecule has 2 atom stereocenters. The number of rotatable bonds is 2. The minimum atomic E-state index is 0.266. The lowest BCUT2D eigenvalue weighted by molar-refractivity contribution is -0.841. The van der Waals surface area contributed by atoms with Crippen molar-refractivity contribution in [3.05, 3.63) is 36.3 Å². The maximum atomic E-state index is 5.99. The van der Waals surface area contributed by atoms with Gasteiger partial charge in [-0.3, -0.25) is 0 Å². The number of hydrogen-bond acceptors (Lipinski definition) is 1. The van der Waals surface area contributed by atoms with Gasteiger partial charge in [-0.25, -0.2) is 0 Å². The van der Waals surface area contributed by atoms with Crippen LogP contribution < -0.4 is 9.64 Å². The van der Waals surface area contributed by atoms with Gasteiger partial charge in [-0.1, -0.05) is 23.7 Å². The average molecular weight is 212 g/mol. The van der Waals surface area contributed by atoms with Gasteiger partial charge in [0.25, 0.3) is 0 Å². The van der Waals surface area contributed by atoms with E-state index in [0.717, 1.165) is 25.3 Å². The molecule has 1 aromatic rings. The molecule has 2 nitrogen and oxygen atoms in total. The number of ether oxygens (including phenoxy) is 1. The molecule has 3 heteroatoms. The highest BCUT2D eigenvalue weighted by molar-refractivity contribution is 6.32. The maximum Gasteiger partial charge on any atom is 0.150 e. The van der Waals surface area contributed by atoms with Gasteiger partial charge in [-0.2, -0.15) is 7.05 Å². The molecule has 0 bridgehead atoms. The normalized spacial score (nSPS) is 26.4. The second-order valence-electron chi connectivity index (χ2n) is 3.66. The molecule has 0 aromatic heterocycles. The SMILES string of the molecule is [CH2-][NH+]1CC[C@H](Oc2ccccc2Cl)C1. The molecule has 1 N–H and O–H groups in total. The van der Waals surface area contributed by atoms with Crippen molar-refractivity contribution in [2.24, 2.45) is 0 Å². The highest BCUT2D eigenvalue weighted by atomic mass is 35.5. The summed E-state index contributed by atoms with van der Waals surface area (Å²) < 4.78 is 5.78. The van der Waals surface area contributed by atoms with Crippen LogP contribution in [0, 0.1) is 7.05 Å². The standard InChI is InChI=1S/C11H14ClNO/c1-13-7-6-9(8-13)14-11-5-3-2-4-10(11)12/h2-5,9,13H,1,6-8H2/t9-/m0/s1. The topological polar surface area (TPSA) is 13.7 Å². The highest BCUT2D eigenvalue weighted by Gasteiger charge is 2.22. The number of likely N-dealkylation sites (tertiary alicyclic amines) is 1. The summed E-state index contributed by atoms with van der Waals surface area (Å²) in [4.78, 5) is 1.28. The number of nitrogens with one attached hydrogen (secondary N) is 1. The molecule has 0 spiro atoms. The first-order chi connectivity index (χ1) is 6.75. The van der Waals surface area contributed by atoms with Crippen molar-refractivity contribution >= 4 is 11.6 Å². The minimum absolute atomic E-state index is 0.266. The Morgan fingerprint density at radius 2 is 2.21 bits per heavy atom. The summed E-state index contributed by atoms with van der Waals surface area (Å²) in [5.74, 6) is 0.786. The van der Waals surface area contributed by atoms with Gasteiger partial charge >= 0.3 is 0 Å². The van der Waals surface area contributed by atoms with Gasteiger partial charge in [0.05, 0.1) is 18.1 Å². The molecule has 0 saturated carbocycles. The van der Waals surface area contributed by atoms with Crippen LogP contribution in [0.1, 0.15) is 6.42 Å². The summed E-state index contributed by atoms with van der Waals surface area (Å²) in [6, 6.07) is 7.60. The molecular formula is C11H14ClNO. The third kappa shape index (κ3) is 2.20. The molecule has 1 heterocycles. The van der Waals surface area contributed by atoms with Gasteiger partial charge in [0, 0.05) is 6.42 Å². The van der Waals surface area contributed by atoms with Crippen molar-refractivity contribution in [3.8, 4) is 5.75 Å². The lowest BCUT2D eigenvalue weighted by atomic mass is 10.3. The van der Waals surface area contributed by atoms with Crippen LogP contribution in [0.15, 0.2) is 24.3 Å². The van der Waals surface area contributed by atoms with E-state index < -0.39 is 0 Å². The van der Waals surface area contributed by atoms with E-state index in [0.29, 0.717) is 5.02 Å². The molecule has 76 valence electrons. The van der Waals surface area contributed by atoms with Crippen LogP contribution >= 0.6 is 11.6 Å². The predicted molar refractivity (Wildman–Crippen MR) is 56.5 cm³/mol. The Balaban J connectivity index is 2.01. The summed E-state index contributed by atoms with van der Waals surface area (Å²) in [5.41, 5.74) is 0. The van der Waals surface area contributed by atoms with E-state index in [2.05, 4.69) is 7.05 Å². The van der Waals surface area contributed by atoms with Gasteiger partial charge in [-0.05, 0) is 12.1 Å². The molecule has 1 aliphatic rings. The molecule has 1 unspecified atom stereocenters. The summed E-state index contributed by atoms with van der Waals surface area (Å²) in [6.07, 6.45) is 1.33. The van der Waals surface area contributed by atoms with Crippen LogP contribution in [0.3, 0.4) is 0 Å².